The highest BCUT2D eigenvalue weighted by molar-refractivity contribution is 5.81. The van der Waals surface area contributed by atoms with Crippen molar-refractivity contribution in [3.05, 3.63) is 196 Å². The van der Waals surface area contributed by atoms with Gasteiger partial charge in [-0.05, 0) is 195 Å². The van der Waals surface area contributed by atoms with Crippen molar-refractivity contribution in [2.45, 2.75) is 66.9 Å². The number of rotatable bonds is 19. The third kappa shape index (κ3) is 14.6. The van der Waals surface area contributed by atoms with E-state index >= 15 is 0 Å². The van der Waals surface area contributed by atoms with Gasteiger partial charge in [0.15, 0.2) is 0 Å². The second kappa shape index (κ2) is 24.5. The number of ether oxygens (including phenoxy) is 5. The molecule has 0 bridgehead atoms. The summed E-state index contributed by atoms with van der Waals surface area (Å²) in [4.78, 5) is 22.4. The van der Waals surface area contributed by atoms with E-state index in [1.54, 1.807) is 0 Å². The summed E-state index contributed by atoms with van der Waals surface area (Å²) in [5.41, 5.74) is 14.6. The molecule has 0 aliphatic rings. The lowest BCUT2D eigenvalue weighted by Crippen LogP contribution is -2.05. The first kappa shape index (κ1) is 48.7. The number of carbonyl (C=O) groups excluding carboxylic acids is 2. The first-order valence-electron chi connectivity index (χ1n) is 22.6. The van der Waals surface area contributed by atoms with Crippen molar-refractivity contribution >= 4 is 11.9 Å². The van der Waals surface area contributed by atoms with Crippen molar-refractivity contribution in [3.8, 4) is 63.2 Å². The third-order valence-corrected chi connectivity index (χ3v) is 11.0. The highest BCUT2D eigenvalue weighted by Crippen LogP contribution is 2.32. The van der Waals surface area contributed by atoms with Gasteiger partial charge in [-0.1, -0.05) is 73.2 Å². The van der Waals surface area contributed by atoms with Crippen molar-refractivity contribution in [1.82, 2.24) is 0 Å². The molecule has 6 rings (SSSR count). The quantitative estimate of drug-likeness (QED) is 0.0347. The number of aryl methyl sites for hydroxylation is 5. The Balaban J connectivity index is 0.957. The molecule has 67 heavy (non-hydrogen) atoms. The summed E-state index contributed by atoms with van der Waals surface area (Å²) >= 11 is 0. The molecule has 0 amide bonds. The van der Waals surface area contributed by atoms with Crippen LogP contribution in [-0.4, -0.2) is 38.4 Å². The normalized spacial score (nSPS) is 10.4. The van der Waals surface area contributed by atoms with Gasteiger partial charge in [0.05, 0.1) is 26.4 Å². The summed E-state index contributed by atoms with van der Waals surface area (Å²) < 4.78 is 28.5. The van der Waals surface area contributed by atoms with E-state index in [0.717, 1.165) is 121 Å². The van der Waals surface area contributed by atoms with E-state index in [0.29, 0.717) is 33.0 Å². The number of benzene rings is 6. The number of unbranched alkanes of at least 4 members (excludes halogenated alkanes) is 2. The van der Waals surface area contributed by atoms with E-state index < -0.39 is 11.9 Å². The van der Waals surface area contributed by atoms with Gasteiger partial charge in [0.25, 0.3) is 0 Å². The average molecular weight is 891 g/mol. The lowest BCUT2D eigenvalue weighted by Gasteiger charge is -2.14. The molecule has 0 heterocycles. The van der Waals surface area contributed by atoms with Gasteiger partial charge in [0, 0.05) is 34.4 Å². The van der Waals surface area contributed by atoms with Crippen LogP contribution in [0, 0.1) is 58.3 Å². The minimum Gasteiger partial charge on any atom is -0.493 e. The monoisotopic (exact) mass is 890 g/mol. The molecule has 0 fully saturated rings. The van der Waals surface area contributed by atoms with Crippen LogP contribution in [0.1, 0.15) is 81.3 Å². The second-order valence-electron chi connectivity index (χ2n) is 16.4. The summed E-state index contributed by atoms with van der Waals surface area (Å²) in [6.07, 6.45) is 5.40. The molecule has 6 aromatic rings. The van der Waals surface area contributed by atoms with Gasteiger partial charge in [0.2, 0.25) is 0 Å². The van der Waals surface area contributed by atoms with Crippen LogP contribution in [0.2, 0.25) is 0 Å². The average Bonchev–Trinajstić information content (AvgIpc) is 3.33. The van der Waals surface area contributed by atoms with Crippen LogP contribution >= 0.6 is 0 Å². The van der Waals surface area contributed by atoms with E-state index in [9.17, 15) is 9.59 Å². The molecule has 7 heteroatoms. The predicted octanol–water partition coefficient (Wildman–Crippen LogP) is 12.7. The second-order valence-corrected chi connectivity index (χ2v) is 16.4. The first-order valence-corrected chi connectivity index (χ1v) is 22.6. The van der Waals surface area contributed by atoms with E-state index in [4.69, 9.17) is 23.7 Å². The largest absolute Gasteiger partial charge is 0.493 e. The Hall–Kier alpha value is -7.74. The summed E-state index contributed by atoms with van der Waals surface area (Å²) in [6, 6.07) is 39.4. The zero-order valence-electron chi connectivity index (χ0n) is 39.3. The van der Waals surface area contributed by atoms with Gasteiger partial charge in [-0.15, -0.1) is 0 Å². The molecular formula is C60H58O7. The van der Waals surface area contributed by atoms with E-state index in [-0.39, 0.29) is 0 Å². The standard InChI is InChI=1S/C60H58O7/c1-8-57(61)63-32-10-12-34-65-59-43(4)37-54(38-44(59)5)52-27-22-48(23-28-52)15-14-47-17-20-51(21-18-47)41-67-56-31-26-50(36-42(56)3)19-16-49-24-29-53(30-25-49)55-39-45(6)60(46(7)40-55)66-35-13-11-33-64-58(62)9-2/h8-9,17-18,20-31,36-40H,1-2,10-13,32-35,41H2,3-7H3. The maximum absolute atomic E-state index is 11.2. The molecule has 0 saturated carbocycles. The molecule has 0 unspecified atom stereocenters. The first-order chi connectivity index (χ1) is 32.5. The van der Waals surface area contributed by atoms with Gasteiger partial charge in [-0.2, -0.15) is 0 Å². The molecule has 0 radical (unpaired) electrons. The Morgan fingerprint density at radius 2 is 0.806 bits per heavy atom. The predicted molar refractivity (Wildman–Crippen MR) is 268 cm³/mol. The Morgan fingerprint density at radius 1 is 0.433 bits per heavy atom. The molecule has 0 aliphatic carbocycles. The van der Waals surface area contributed by atoms with Gasteiger partial charge in [-0.25, -0.2) is 9.59 Å². The molecule has 340 valence electrons. The van der Waals surface area contributed by atoms with Crippen molar-refractivity contribution in [2.75, 3.05) is 26.4 Å². The molecule has 0 aromatic heterocycles. The van der Waals surface area contributed by atoms with Crippen LogP contribution in [-0.2, 0) is 25.7 Å². The van der Waals surface area contributed by atoms with E-state index in [1.165, 1.54) is 12.2 Å². The van der Waals surface area contributed by atoms with E-state index in [1.807, 2.05) is 31.2 Å². The minimum absolute atomic E-state index is 0.362. The summed E-state index contributed by atoms with van der Waals surface area (Å²) in [6.45, 7) is 19.4. The van der Waals surface area contributed by atoms with Crippen molar-refractivity contribution in [2.24, 2.45) is 0 Å². The molecule has 0 N–H and O–H groups in total. The molecule has 0 aliphatic heterocycles. The molecule has 0 spiro atoms. The van der Waals surface area contributed by atoms with Crippen molar-refractivity contribution < 1.29 is 33.3 Å². The Bertz CT molecular complexity index is 2760. The summed E-state index contributed by atoms with van der Waals surface area (Å²) in [5, 5.41) is 0. The van der Waals surface area contributed by atoms with Crippen molar-refractivity contribution in [1.29, 1.82) is 0 Å². The van der Waals surface area contributed by atoms with Crippen LogP contribution in [0.15, 0.2) is 141 Å². The van der Waals surface area contributed by atoms with Gasteiger partial charge in [0.1, 0.15) is 23.9 Å². The lowest BCUT2D eigenvalue weighted by atomic mass is 9.99. The van der Waals surface area contributed by atoms with Crippen LogP contribution in [0.4, 0.5) is 0 Å². The van der Waals surface area contributed by atoms with Crippen LogP contribution in [0.25, 0.3) is 22.3 Å². The van der Waals surface area contributed by atoms with Crippen LogP contribution in [0.3, 0.4) is 0 Å². The van der Waals surface area contributed by atoms with Crippen LogP contribution in [0.5, 0.6) is 17.2 Å². The number of hydrogen-bond acceptors (Lipinski definition) is 7. The van der Waals surface area contributed by atoms with Gasteiger partial charge < -0.3 is 23.7 Å². The highest BCUT2D eigenvalue weighted by atomic mass is 16.5. The fourth-order valence-electron chi connectivity index (χ4n) is 7.42. The smallest absolute Gasteiger partial charge is 0.330 e. The van der Waals surface area contributed by atoms with Crippen LogP contribution < -0.4 is 14.2 Å². The topological polar surface area (TPSA) is 80.3 Å². The van der Waals surface area contributed by atoms with E-state index in [2.05, 4.69) is 156 Å². The molecule has 0 saturated heterocycles. The van der Waals surface area contributed by atoms with Gasteiger partial charge >= 0.3 is 11.9 Å². The molecular weight excluding hydrogens is 833 g/mol. The Labute approximate surface area is 396 Å². The highest BCUT2D eigenvalue weighted by Gasteiger charge is 2.11. The summed E-state index contributed by atoms with van der Waals surface area (Å²) in [5.74, 6) is 15.0. The van der Waals surface area contributed by atoms with Gasteiger partial charge in [-0.3, -0.25) is 0 Å². The lowest BCUT2D eigenvalue weighted by molar-refractivity contribution is -0.138. The maximum Gasteiger partial charge on any atom is 0.330 e. The molecule has 7 nitrogen and oxygen atoms in total. The minimum atomic E-state index is -0.399. The SMILES string of the molecule is C=CC(=O)OCCCCOc1c(C)cc(-c2ccc(C#Cc3ccc(COc4ccc(C#Cc5ccc(-c6cc(C)c(OCCCCOC(=O)C=C)c(C)c6)cc5)cc4C)cc3)cc2)cc1C. The third-order valence-electron chi connectivity index (χ3n) is 11.0. The molecule has 0 atom stereocenters. The summed E-state index contributed by atoms with van der Waals surface area (Å²) in [7, 11) is 0. The maximum atomic E-state index is 11.2. The number of esters is 2. The zero-order chi connectivity index (χ0) is 47.5. The molecule has 6 aromatic carbocycles. The Kier molecular flexibility index (Phi) is 17.8. The zero-order valence-corrected chi connectivity index (χ0v) is 39.3. The fourth-order valence-corrected chi connectivity index (χ4v) is 7.42. The Morgan fingerprint density at radius 3 is 1.21 bits per heavy atom. The van der Waals surface area contributed by atoms with Crippen molar-refractivity contribution in [3.63, 3.8) is 0 Å². The number of carbonyl (C=O) groups is 2. The fraction of sp³-hybridized carbons (Fsp3) is 0.233. The number of hydrogen-bond donors (Lipinski definition) is 0.